The van der Waals surface area contributed by atoms with Gasteiger partial charge < -0.3 is 15.0 Å². The number of hydrogen-bond acceptors (Lipinski definition) is 3. The molecule has 8 heteroatoms. The van der Waals surface area contributed by atoms with Gasteiger partial charge >= 0.3 is 12.1 Å². The molecule has 0 saturated carbocycles. The maximum absolute atomic E-state index is 13.2. The molecular formula is C23H17F3N2O3. The van der Waals surface area contributed by atoms with Crippen molar-refractivity contribution in [3.63, 3.8) is 0 Å². The maximum Gasteiger partial charge on any atom is 0.416 e. The number of hydrogen-bond donors (Lipinski definition) is 1. The molecule has 0 spiro atoms. The quantitative estimate of drug-likeness (QED) is 0.373. The summed E-state index contributed by atoms with van der Waals surface area (Å²) in [5.41, 5.74) is 6.66. The molecule has 0 aliphatic rings. The molecule has 1 aromatic heterocycles. The molecule has 0 aliphatic carbocycles. The summed E-state index contributed by atoms with van der Waals surface area (Å²) >= 11 is 0. The standard InChI is InChI=1S/C23H17F3N2O3/c1-13(29)31-19-10-4-9-18-21(19)20-16(22(27)30)7-3-8-17(20)28(18)12-14-5-2-6-15(11-14)23(24,25)26/h2-11H,12H2,1H3,(H2,27,30). The second-order valence-corrected chi connectivity index (χ2v) is 7.09. The zero-order chi connectivity index (χ0) is 22.3. The minimum absolute atomic E-state index is 0.107. The molecule has 4 aromatic rings. The summed E-state index contributed by atoms with van der Waals surface area (Å²) in [7, 11) is 0. The number of esters is 1. The lowest BCUT2D eigenvalue weighted by atomic mass is 10.1. The van der Waals surface area contributed by atoms with Crippen LogP contribution < -0.4 is 10.5 Å². The van der Waals surface area contributed by atoms with Crippen LogP contribution in [0.1, 0.15) is 28.4 Å². The molecule has 0 radical (unpaired) electrons. The summed E-state index contributed by atoms with van der Waals surface area (Å²) in [6, 6.07) is 15.0. The van der Waals surface area contributed by atoms with Crippen molar-refractivity contribution in [3.8, 4) is 5.75 Å². The molecule has 0 aliphatic heterocycles. The average molecular weight is 426 g/mol. The van der Waals surface area contributed by atoms with Crippen LogP contribution in [0.15, 0.2) is 60.7 Å². The Morgan fingerprint density at radius 1 is 0.968 bits per heavy atom. The number of carbonyl (C=O) groups is 2. The van der Waals surface area contributed by atoms with Crippen molar-refractivity contribution in [2.45, 2.75) is 19.6 Å². The maximum atomic E-state index is 13.2. The van der Waals surface area contributed by atoms with E-state index in [9.17, 15) is 22.8 Å². The molecule has 2 N–H and O–H groups in total. The van der Waals surface area contributed by atoms with E-state index in [1.807, 2.05) is 0 Å². The monoisotopic (exact) mass is 426 g/mol. The van der Waals surface area contributed by atoms with E-state index in [0.29, 0.717) is 27.4 Å². The van der Waals surface area contributed by atoms with E-state index in [0.717, 1.165) is 12.1 Å². The Morgan fingerprint density at radius 3 is 2.26 bits per heavy atom. The minimum Gasteiger partial charge on any atom is -0.426 e. The molecule has 0 bridgehead atoms. The van der Waals surface area contributed by atoms with Crippen LogP contribution in [0.25, 0.3) is 21.8 Å². The normalized spacial score (nSPS) is 11.7. The number of alkyl halides is 3. The molecule has 0 fully saturated rings. The van der Waals surface area contributed by atoms with Crippen LogP contribution in [0.4, 0.5) is 13.2 Å². The van der Waals surface area contributed by atoms with Crippen LogP contribution in [-0.4, -0.2) is 16.4 Å². The Hall–Kier alpha value is -3.81. The molecule has 1 heterocycles. The van der Waals surface area contributed by atoms with Gasteiger partial charge in [-0.1, -0.05) is 24.3 Å². The van der Waals surface area contributed by atoms with E-state index < -0.39 is 23.6 Å². The predicted octanol–water partition coefficient (Wildman–Crippen LogP) is 4.89. The molecule has 3 aromatic carbocycles. The third kappa shape index (κ3) is 3.72. The lowest BCUT2D eigenvalue weighted by Crippen LogP contribution is -2.11. The molecule has 4 rings (SSSR count). The number of nitrogens with zero attached hydrogens (tertiary/aromatic N) is 1. The van der Waals surface area contributed by atoms with Crippen LogP contribution in [0.2, 0.25) is 0 Å². The molecular weight excluding hydrogens is 409 g/mol. The molecule has 0 saturated heterocycles. The highest BCUT2D eigenvalue weighted by atomic mass is 19.4. The summed E-state index contributed by atoms with van der Waals surface area (Å²) in [6.45, 7) is 1.37. The van der Waals surface area contributed by atoms with Crippen molar-refractivity contribution in [2.24, 2.45) is 5.73 Å². The molecule has 158 valence electrons. The highest BCUT2D eigenvalue weighted by Crippen LogP contribution is 2.38. The zero-order valence-electron chi connectivity index (χ0n) is 16.4. The Labute approximate surface area is 174 Å². The number of ether oxygens (including phenoxy) is 1. The van der Waals surface area contributed by atoms with Gasteiger partial charge in [0.05, 0.1) is 22.0 Å². The predicted molar refractivity (Wildman–Crippen MR) is 110 cm³/mol. The molecule has 5 nitrogen and oxygen atoms in total. The van der Waals surface area contributed by atoms with Crippen LogP contribution in [0.3, 0.4) is 0 Å². The van der Waals surface area contributed by atoms with Gasteiger partial charge in [-0.2, -0.15) is 13.2 Å². The van der Waals surface area contributed by atoms with Crippen molar-refractivity contribution in [3.05, 3.63) is 77.4 Å². The van der Waals surface area contributed by atoms with E-state index in [4.69, 9.17) is 10.5 Å². The fourth-order valence-corrected chi connectivity index (χ4v) is 3.80. The second-order valence-electron chi connectivity index (χ2n) is 7.09. The second kappa shape index (κ2) is 7.46. The van der Waals surface area contributed by atoms with Crippen molar-refractivity contribution in [2.75, 3.05) is 0 Å². The van der Waals surface area contributed by atoms with Gasteiger partial charge in [-0.3, -0.25) is 9.59 Å². The first-order valence-electron chi connectivity index (χ1n) is 9.35. The lowest BCUT2D eigenvalue weighted by Gasteiger charge is -2.11. The number of amides is 1. The van der Waals surface area contributed by atoms with Gasteiger partial charge in [-0.05, 0) is 42.0 Å². The lowest BCUT2D eigenvalue weighted by molar-refractivity contribution is -0.137. The third-order valence-corrected chi connectivity index (χ3v) is 4.99. The number of fused-ring (bicyclic) bond motifs is 3. The smallest absolute Gasteiger partial charge is 0.416 e. The summed E-state index contributed by atoms with van der Waals surface area (Å²) in [6.07, 6.45) is -4.46. The number of aromatic nitrogens is 1. The van der Waals surface area contributed by atoms with Crippen LogP contribution in [0, 0.1) is 0 Å². The van der Waals surface area contributed by atoms with E-state index in [2.05, 4.69) is 0 Å². The van der Waals surface area contributed by atoms with Gasteiger partial charge in [-0.25, -0.2) is 0 Å². The van der Waals surface area contributed by atoms with E-state index >= 15 is 0 Å². The molecule has 0 atom stereocenters. The number of halogens is 3. The highest BCUT2D eigenvalue weighted by molar-refractivity contribution is 6.20. The van der Waals surface area contributed by atoms with Crippen molar-refractivity contribution >= 4 is 33.7 Å². The van der Waals surface area contributed by atoms with Crippen LogP contribution >= 0.6 is 0 Å². The Kier molecular flexibility index (Phi) is 4.93. The van der Waals surface area contributed by atoms with Gasteiger partial charge in [0.15, 0.2) is 0 Å². The van der Waals surface area contributed by atoms with Crippen molar-refractivity contribution < 1.29 is 27.5 Å². The van der Waals surface area contributed by atoms with Gasteiger partial charge in [0.2, 0.25) is 5.91 Å². The first-order chi connectivity index (χ1) is 14.7. The Bertz CT molecular complexity index is 1340. The minimum atomic E-state index is -4.46. The average Bonchev–Trinajstić information content (AvgIpc) is 3.02. The Balaban J connectivity index is 2.01. The van der Waals surface area contributed by atoms with Crippen LogP contribution in [0.5, 0.6) is 5.75 Å². The van der Waals surface area contributed by atoms with Crippen molar-refractivity contribution in [1.29, 1.82) is 0 Å². The van der Waals surface area contributed by atoms with Gasteiger partial charge in [-0.15, -0.1) is 0 Å². The molecule has 31 heavy (non-hydrogen) atoms. The molecule has 0 unspecified atom stereocenters. The summed E-state index contributed by atoms with van der Waals surface area (Å²) in [4.78, 5) is 23.7. The zero-order valence-corrected chi connectivity index (χ0v) is 16.4. The first-order valence-corrected chi connectivity index (χ1v) is 9.35. The number of rotatable bonds is 4. The fourth-order valence-electron chi connectivity index (χ4n) is 3.80. The van der Waals surface area contributed by atoms with Gasteiger partial charge in [0.1, 0.15) is 5.75 Å². The number of primary amides is 1. The van der Waals surface area contributed by atoms with Crippen LogP contribution in [-0.2, 0) is 17.5 Å². The Morgan fingerprint density at radius 2 is 1.61 bits per heavy atom. The summed E-state index contributed by atoms with van der Waals surface area (Å²) in [5.74, 6) is -0.962. The van der Waals surface area contributed by atoms with E-state index in [1.165, 1.54) is 13.0 Å². The van der Waals surface area contributed by atoms with E-state index in [1.54, 1.807) is 47.0 Å². The summed E-state index contributed by atoms with van der Waals surface area (Å²) < 4.78 is 46.6. The van der Waals surface area contributed by atoms with E-state index in [-0.39, 0.29) is 17.9 Å². The number of benzene rings is 3. The molecule has 1 amide bonds. The fraction of sp³-hybridized carbons (Fsp3) is 0.130. The SMILES string of the molecule is CC(=O)Oc1cccc2c1c1c(C(N)=O)cccc1n2Cc1cccc(C(F)(F)F)c1. The topological polar surface area (TPSA) is 74.3 Å². The van der Waals surface area contributed by atoms with Crippen molar-refractivity contribution in [1.82, 2.24) is 4.57 Å². The van der Waals surface area contributed by atoms with Gasteiger partial charge in [0, 0.05) is 24.4 Å². The number of carbonyl (C=O) groups excluding carboxylic acids is 2. The summed E-state index contributed by atoms with van der Waals surface area (Å²) in [5, 5.41) is 0.975. The first kappa shape index (κ1) is 20.5. The highest BCUT2D eigenvalue weighted by Gasteiger charge is 2.30. The third-order valence-electron chi connectivity index (χ3n) is 4.99. The number of nitrogens with two attached hydrogens (primary N) is 1. The largest absolute Gasteiger partial charge is 0.426 e. The van der Waals surface area contributed by atoms with Gasteiger partial charge in [0.25, 0.3) is 0 Å².